The van der Waals surface area contributed by atoms with Crippen LogP contribution >= 0.6 is 0 Å². The van der Waals surface area contributed by atoms with Crippen LogP contribution in [0.4, 0.5) is 26.3 Å². The Kier molecular flexibility index (Phi) is 4.64. The van der Waals surface area contributed by atoms with E-state index in [1.54, 1.807) is 0 Å². The highest BCUT2D eigenvalue weighted by Gasteiger charge is 2.50. The summed E-state index contributed by atoms with van der Waals surface area (Å²) in [6.45, 7) is 1.22. The summed E-state index contributed by atoms with van der Waals surface area (Å²) in [6.07, 6.45) is -14.4. The van der Waals surface area contributed by atoms with Crippen molar-refractivity contribution in [1.82, 2.24) is 0 Å². The lowest BCUT2D eigenvalue weighted by Crippen LogP contribution is -2.41. The molecule has 0 saturated carbocycles. The van der Waals surface area contributed by atoms with Crippen molar-refractivity contribution in [3.63, 3.8) is 0 Å². The minimum atomic E-state index is -5.56. The Hall–Kier alpha value is -1.77. The third-order valence-electron chi connectivity index (χ3n) is 2.02. The third-order valence-corrected chi connectivity index (χ3v) is 2.02. The van der Waals surface area contributed by atoms with E-state index in [4.69, 9.17) is 0 Å². The van der Waals surface area contributed by atoms with Crippen LogP contribution in [0.1, 0.15) is 17.3 Å². The molecule has 0 bridgehead atoms. The molecule has 3 nitrogen and oxygen atoms in total. The predicted molar refractivity (Wildman–Crippen MR) is 54.1 cm³/mol. The summed E-state index contributed by atoms with van der Waals surface area (Å²) >= 11 is 0. The van der Waals surface area contributed by atoms with E-state index >= 15 is 0 Å². The average molecular weight is 302 g/mol. The highest BCUT2D eigenvalue weighted by molar-refractivity contribution is 5.94. The van der Waals surface area contributed by atoms with Gasteiger partial charge in [0.1, 0.15) is 5.75 Å². The van der Waals surface area contributed by atoms with Gasteiger partial charge in [0, 0.05) is 5.56 Å². The van der Waals surface area contributed by atoms with Gasteiger partial charge in [0.15, 0.2) is 5.78 Å². The summed E-state index contributed by atoms with van der Waals surface area (Å²) in [4.78, 5) is 10.9. The Morgan fingerprint density at radius 1 is 1.10 bits per heavy atom. The zero-order valence-corrected chi connectivity index (χ0v) is 9.88. The number of hydrogen-bond donors (Lipinski definition) is 0. The first-order valence-corrected chi connectivity index (χ1v) is 5.08. The summed E-state index contributed by atoms with van der Waals surface area (Å²) in [7, 11) is 0. The lowest BCUT2D eigenvalue weighted by molar-refractivity contribution is -0.411. The number of carbonyl (C=O) groups is 1. The molecule has 1 rings (SSSR count). The molecule has 0 saturated heterocycles. The van der Waals surface area contributed by atoms with Crippen LogP contribution in [0, 0.1) is 0 Å². The van der Waals surface area contributed by atoms with Gasteiger partial charge in [-0.1, -0.05) is 0 Å². The van der Waals surface area contributed by atoms with Gasteiger partial charge < -0.3 is 4.74 Å². The Balaban J connectivity index is 2.77. The quantitative estimate of drug-likeness (QED) is 0.614. The first-order chi connectivity index (χ1) is 9.01. The van der Waals surface area contributed by atoms with Crippen LogP contribution in [0.3, 0.4) is 0 Å². The number of Topliss-reactive ketones (excluding diaryl/α,β-unsaturated/α-hetero) is 1. The van der Waals surface area contributed by atoms with Crippen LogP contribution in [-0.4, -0.2) is 24.6 Å². The second-order valence-electron chi connectivity index (χ2n) is 3.62. The highest BCUT2D eigenvalue weighted by Crippen LogP contribution is 2.31. The Morgan fingerprint density at radius 3 is 2.00 bits per heavy atom. The van der Waals surface area contributed by atoms with E-state index in [0.717, 1.165) is 24.3 Å². The molecule has 0 aromatic heterocycles. The van der Waals surface area contributed by atoms with Gasteiger partial charge in [-0.05, 0) is 31.2 Å². The van der Waals surface area contributed by atoms with Gasteiger partial charge in [-0.25, -0.2) is 9.13 Å². The fourth-order valence-corrected chi connectivity index (χ4v) is 1.15. The lowest BCUT2D eigenvalue weighted by Gasteiger charge is -2.22. The molecule has 0 aliphatic carbocycles. The highest BCUT2D eigenvalue weighted by atomic mass is 19.4. The van der Waals surface area contributed by atoms with Crippen LogP contribution in [0.15, 0.2) is 24.3 Å². The molecule has 1 aromatic carbocycles. The average Bonchev–Trinajstić information content (AvgIpc) is 2.26. The number of alkyl halides is 6. The fourth-order valence-electron chi connectivity index (χ4n) is 1.15. The zero-order chi connectivity index (χ0) is 15.6. The molecule has 20 heavy (non-hydrogen) atoms. The topological polar surface area (TPSA) is 35.5 Å². The molecule has 1 atom stereocenters. The molecule has 0 spiro atoms. The van der Waals surface area contributed by atoms with Crippen LogP contribution < -0.4 is 4.74 Å². The number of ketones is 1. The molecule has 0 fully saturated rings. The number of rotatable bonds is 5. The number of ether oxygens (including phenoxy) is 2. The van der Waals surface area contributed by atoms with Gasteiger partial charge in [0.05, 0.1) is 0 Å². The predicted octanol–water partition coefficient (Wildman–Crippen LogP) is 3.69. The van der Waals surface area contributed by atoms with Crippen molar-refractivity contribution in [3.8, 4) is 5.75 Å². The first-order valence-electron chi connectivity index (χ1n) is 5.08. The molecular weight excluding hydrogens is 294 g/mol. The van der Waals surface area contributed by atoms with Crippen molar-refractivity contribution in [2.24, 2.45) is 0 Å². The molecule has 112 valence electrons. The summed E-state index contributed by atoms with van der Waals surface area (Å²) in [5, 5.41) is 0. The smallest absolute Gasteiger partial charge is 0.429 e. The SMILES string of the molecule is CC(=O)c1ccc(OC(F)(F)C(F)OC(F)(F)F)cc1. The van der Waals surface area contributed by atoms with E-state index in [1.165, 1.54) is 6.92 Å². The van der Waals surface area contributed by atoms with Gasteiger partial charge in [0.2, 0.25) is 0 Å². The second-order valence-corrected chi connectivity index (χ2v) is 3.62. The minimum Gasteiger partial charge on any atom is -0.429 e. The van der Waals surface area contributed by atoms with Crippen molar-refractivity contribution in [2.75, 3.05) is 0 Å². The Morgan fingerprint density at radius 2 is 1.60 bits per heavy atom. The van der Waals surface area contributed by atoms with E-state index in [1.807, 2.05) is 0 Å². The molecular formula is C11H8F6O3. The standard InChI is InChI=1S/C11H8F6O3/c1-6(18)7-2-4-8(5-3-7)19-10(13,14)9(12)20-11(15,16)17/h2-5,9H,1H3. The summed E-state index contributed by atoms with van der Waals surface area (Å²) in [5.41, 5.74) is 0.170. The van der Waals surface area contributed by atoms with E-state index in [0.29, 0.717) is 0 Å². The largest absolute Gasteiger partial charge is 0.525 e. The maximum absolute atomic E-state index is 13.0. The van der Waals surface area contributed by atoms with Crippen molar-refractivity contribution in [2.45, 2.75) is 25.8 Å². The fraction of sp³-hybridized carbons (Fsp3) is 0.364. The molecule has 9 heteroatoms. The number of benzene rings is 1. The summed E-state index contributed by atoms with van der Waals surface area (Å²) < 4.78 is 79.9. The van der Waals surface area contributed by atoms with Crippen molar-refractivity contribution < 1.29 is 40.6 Å². The van der Waals surface area contributed by atoms with E-state index in [9.17, 15) is 31.1 Å². The summed E-state index contributed by atoms with van der Waals surface area (Å²) in [6, 6.07) is 3.99. The first kappa shape index (κ1) is 16.3. The van der Waals surface area contributed by atoms with Crippen LogP contribution in [0.25, 0.3) is 0 Å². The van der Waals surface area contributed by atoms with Crippen molar-refractivity contribution in [1.29, 1.82) is 0 Å². The van der Waals surface area contributed by atoms with Crippen molar-refractivity contribution >= 4 is 5.78 Å². The lowest BCUT2D eigenvalue weighted by atomic mass is 10.1. The van der Waals surface area contributed by atoms with E-state index < -0.39 is 24.6 Å². The Bertz CT molecular complexity index is 468. The maximum atomic E-state index is 13.0. The molecule has 0 aliphatic heterocycles. The molecule has 0 amide bonds. The molecule has 0 N–H and O–H groups in total. The maximum Gasteiger partial charge on any atom is 0.525 e. The molecule has 0 heterocycles. The monoisotopic (exact) mass is 302 g/mol. The molecule has 1 aromatic rings. The third kappa shape index (κ3) is 4.72. The minimum absolute atomic E-state index is 0.170. The molecule has 0 aliphatic rings. The van der Waals surface area contributed by atoms with Gasteiger partial charge in [-0.3, -0.25) is 4.79 Å². The molecule has 0 radical (unpaired) electrons. The van der Waals surface area contributed by atoms with Crippen LogP contribution in [0.5, 0.6) is 5.75 Å². The number of hydrogen-bond acceptors (Lipinski definition) is 3. The number of carbonyl (C=O) groups excluding carboxylic acids is 1. The van der Waals surface area contributed by atoms with Crippen molar-refractivity contribution in [3.05, 3.63) is 29.8 Å². The van der Waals surface area contributed by atoms with Crippen LogP contribution in [-0.2, 0) is 4.74 Å². The van der Waals surface area contributed by atoms with Gasteiger partial charge >= 0.3 is 18.8 Å². The zero-order valence-electron chi connectivity index (χ0n) is 9.88. The molecule has 1 unspecified atom stereocenters. The summed E-state index contributed by atoms with van der Waals surface area (Å²) in [5.74, 6) is -0.972. The van der Waals surface area contributed by atoms with E-state index in [2.05, 4.69) is 9.47 Å². The second kappa shape index (κ2) is 5.70. The van der Waals surface area contributed by atoms with Gasteiger partial charge in [-0.15, -0.1) is 13.2 Å². The normalized spacial score (nSPS) is 13.9. The Labute approximate surface area is 109 Å². The van der Waals surface area contributed by atoms with Gasteiger partial charge in [-0.2, -0.15) is 8.78 Å². The number of halogens is 6. The van der Waals surface area contributed by atoms with Crippen LogP contribution in [0.2, 0.25) is 0 Å². The van der Waals surface area contributed by atoms with Gasteiger partial charge in [0.25, 0.3) is 0 Å². The van der Waals surface area contributed by atoms with E-state index in [-0.39, 0.29) is 11.3 Å².